The molecule has 2 N–H and O–H groups in total. The van der Waals surface area contributed by atoms with Crippen molar-refractivity contribution in [3.8, 4) is 0 Å². The second kappa shape index (κ2) is 6.72. The fourth-order valence-corrected chi connectivity index (χ4v) is 2.16. The molecule has 0 heterocycles. The van der Waals surface area contributed by atoms with E-state index < -0.39 is 0 Å². The summed E-state index contributed by atoms with van der Waals surface area (Å²) >= 11 is 9.10. The zero-order valence-electron chi connectivity index (χ0n) is 10.3. The Morgan fingerprint density at radius 3 is 2.80 bits per heavy atom. The van der Waals surface area contributed by atoms with Crippen LogP contribution in [-0.2, 0) is 4.79 Å². The Hall–Kier alpha value is -1.59. The van der Waals surface area contributed by atoms with Gasteiger partial charge >= 0.3 is 0 Å². The molecule has 2 aromatic carbocycles. The molecule has 0 bridgehead atoms. The molecule has 6 heteroatoms. The van der Waals surface area contributed by atoms with Gasteiger partial charge < -0.3 is 10.6 Å². The molecule has 104 valence electrons. The van der Waals surface area contributed by atoms with Crippen LogP contribution < -0.4 is 10.6 Å². The number of hydrogen-bond donors (Lipinski definition) is 2. The van der Waals surface area contributed by atoms with Gasteiger partial charge in [-0.2, -0.15) is 0 Å². The van der Waals surface area contributed by atoms with E-state index in [-0.39, 0.29) is 18.3 Å². The van der Waals surface area contributed by atoms with E-state index in [0.717, 1.165) is 0 Å². The Labute approximate surface area is 129 Å². The molecule has 0 unspecified atom stereocenters. The van der Waals surface area contributed by atoms with Gasteiger partial charge in [-0.05, 0) is 52.3 Å². The van der Waals surface area contributed by atoms with Crippen molar-refractivity contribution in [2.24, 2.45) is 0 Å². The zero-order chi connectivity index (χ0) is 14.5. The first kappa shape index (κ1) is 14.8. The van der Waals surface area contributed by atoms with Gasteiger partial charge in [0.1, 0.15) is 5.82 Å². The molecular formula is C14H11BrClFN2O. The van der Waals surface area contributed by atoms with Crippen molar-refractivity contribution >= 4 is 44.8 Å². The van der Waals surface area contributed by atoms with Crippen LogP contribution in [0.4, 0.5) is 15.8 Å². The summed E-state index contributed by atoms with van der Waals surface area (Å²) in [5.74, 6) is -0.616. The van der Waals surface area contributed by atoms with Gasteiger partial charge in [0.05, 0.1) is 12.2 Å². The lowest BCUT2D eigenvalue weighted by atomic mass is 10.3. The third kappa shape index (κ3) is 4.21. The smallest absolute Gasteiger partial charge is 0.243 e. The topological polar surface area (TPSA) is 41.1 Å². The maximum Gasteiger partial charge on any atom is 0.243 e. The lowest BCUT2D eigenvalue weighted by Gasteiger charge is -2.09. The fraction of sp³-hybridized carbons (Fsp3) is 0.0714. The SMILES string of the molecule is O=C(CNc1cc(F)ccc1Br)Nc1cccc(Cl)c1. The second-order valence-electron chi connectivity index (χ2n) is 4.04. The molecular weight excluding hydrogens is 347 g/mol. The summed E-state index contributed by atoms with van der Waals surface area (Å²) in [5.41, 5.74) is 1.13. The largest absolute Gasteiger partial charge is 0.375 e. The number of hydrogen-bond acceptors (Lipinski definition) is 2. The van der Waals surface area contributed by atoms with Crippen LogP contribution in [0.3, 0.4) is 0 Å². The molecule has 3 nitrogen and oxygen atoms in total. The quantitative estimate of drug-likeness (QED) is 0.857. The van der Waals surface area contributed by atoms with Crippen molar-refractivity contribution in [2.75, 3.05) is 17.2 Å². The number of carbonyl (C=O) groups excluding carboxylic acids is 1. The summed E-state index contributed by atoms with van der Waals surface area (Å²) in [4.78, 5) is 11.8. The van der Waals surface area contributed by atoms with E-state index in [4.69, 9.17) is 11.6 Å². The van der Waals surface area contributed by atoms with Crippen molar-refractivity contribution in [2.45, 2.75) is 0 Å². The molecule has 0 fully saturated rings. The molecule has 0 aromatic heterocycles. The molecule has 0 radical (unpaired) electrons. The maximum atomic E-state index is 13.1. The second-order valence-corrected chi connectivity index (χ2v) is 5.33. The molecule has 2 aromatic rings. The minimum Gasteiger partial charge on any atom is -0.375 e. The summed E-state index contributed by atoms with van der Waals surface area (Å²) in [6, 6.07) is 11.1. The molecule has 2 rings (SSSR count). The number of benzene rings is 2. The molecule has 0 atom stereocenters. The standard InChI is InChI=1S/C14H11BrClFN2O/c15-12-5-4-10(17)7-13(12)18-8-14(20)19-11-3-1-2-9(16)6-11/h1-7,18H,8H2,(H,19,20). The highest BCUT2D eigenvalue weighted by Crippen LogP contribution is 2.22. The van der Waals surface area contributed by atoms with Crippen LogP contribution in [0.1, 0.15) is 0 Å². The summed E-state index contributed by atoms with van der Waals surface area (Å²) in [6.07, 6.45) is 0. The highest BCUT2D eigenvalue weighted by Gasteiger charge is 2.05. The van der Waals surface area contributed by atoms with Crippen molar-refractivity contribution in [3.05, 3.63) is 57.8 Å². The van der Waals surface area contributed by atoms with Crippen LogP contribution in [0.2, 0.25) is 5.02 Å². The highest BCUT2D eigenvalue weighted by molar-refractivity contribution is 9.10. The monoisotopic (exact) mass is 356 g/mol. The van der Waals surface area contributed by atoms with E-state index in [2.05, 4.69) is 26.6 Å². The minimum absolute atomic E-state index is 0.0224. The molecule has 0 saturated heterocycles. The van der Waals surface area contributed by atoms with E-state index in [1.807, 2.05) is 0 Å². The predicted molar refractivity (Wildman–Crippen MR) is 82.7 cm³/mol. The number of amides is 1. The van der Waals surface area contributed by atoms with Crippen LogP contribution in [0, 0.1) is 5.82 Å². The Balaban J connectivity index is 1.94. The predicted octanol–water partition coefficient (Wildman–Crippen LogP) is 4.29. The van der Waals surface area contributed by atoms with Crippen LogP contribution in [-0.4, -0.2) is 12.5 Å². The van der Waals surface area contributed by atoms with Crippen molar-refractivity contribution in [1.29, 1.82) is 0 Å². The molecule has 0 saturated carbocycles. The van der Waals surface area contributed by atoms with E-state index in [9.17, 15) is 9.18 Å². The van der Waals surface area contributed by atoms with Gasteiger partial charge in [0.2, 0.25) is 5.91 Å². The molecule has 0 spiro atoms. The van der Waals surface area contributed by atoms with E-state index in [1.165, 1.54) is 12.1 Å². The van der Waals surface area contributed by atoms with Crippen molar-refractivity contribution in [1.82, 2.24) is 0 Å². The van der Waals surface area contributed by atoms with Crippen LogP contribution >= 0.6 is 27.5 Å². The Morgan fingerprint density at radius 2 is 2.05 bits per heavy atom. The van der Waals surface area contributed by atoms with Gasteiger partial charge in [-0.15, -0.1) is 0 Å². The average Bonchev–Trinajstić information content (AvgIpc) is 2.40. The van der Waals surface area contributed by atoms with Gasteiger partial charge in [0.25, 0.3) is 0 Å². The highest BCUT2D eigenvalue weighted by atomic mass is 79.9. The Bertz CT molecular complexity index is 636. The van der Waals surface area contributed by atoms with Gasteiger partial charge in [0.15, 0.2) is 0 Å². The van der Waals surface area contributed by atoms with Crippen molar-refractivity contribution < 1.29 is 9.18 Å². The summed E-state index contributed by atoms with van der Waals surface area (Å²) in [6.45, 7) is 0.0224. The van der Waals surface area contributed by atoms with Crippen molar-refractivity contribution in [3.63, 3.8) is 0 Å². The third-order valence-electron chi connectivity index (χ3n) is 2.48. The van der Waals surface area contributed by atoms with E-state index in [1.54, 1.807) is 30.3 Å². The molecule has 0 aliphatic heterocycles. The molecule has 0 aliphatic carbocycles. The Morgan fingerprint density at radius 1 is 1.25 bits per heavy atom. The normalized spacial score (nSPS) is 10.2. The summed E-state index contributed by atoms with van der Waals surface area (Å²) < 4.78 is 13.8. The zero-order valence-corrected chi connectivity index (χ0v) is 12.6. The van der Waals surface area contributed by atoms with E-state index in [0.29, 0.717) is 20.9 Å². The molecule has 0 aliphatic rings. The number of anilines is 2. The number of carbonyl (C=O) groups is 1. The molecule has 1 amide bonds. The maximum absolute atomic E-state index is 13.1. The lowest BCUT2D eigenvalue weighted by Crippen LogP contribution is -2.21. The minimum atomic E-state index is -0.369. The van der Waals surface area contributed by atoms with Gasteiger partial charge in [0, 0.05) is 15.2 Å². The molecule has 20 heavy (non-hydrogen) atoms. The average molecular weight is 358 g/mol. The van der Waals surface area contributed by atoms with Gasteiger partial charge in [-0.3, -0.25) is 4.79 Å². The first-order valence-corrected chi connectivity index (χ1v) is 6.96. The first-order chi connectivity index (χ1) is 9.54. The fourth-order valence-electron chi connectivity index (χ4n) is 1.58. The number of rotatable bonds is 4. The van der Waals surface area contributed by atoms with Crippen LogP contribution in [0.5, 0.6) is 0 Å². The van der Waals surface area contributed by atoms with Gasteiger partial charge in [-0.25, -0.2) is 4.39 Å². The third-order valence-corrected chi connectivity index (χ3v) is 3.40. The summed E-state index contributed by atoms with van der Waals surface area (Å²) in [7, 11) is 0. The van der Waals surface area contributed by atoms with Gasteiger partial charge in [-0.1, -0.05) is 17.7 Å². The number of nitrogens with one attached hydrogen (secondary N) is 2. The van der Waals surface area contributed by atoms with Crippen LogP contribution in [0.15, 0.2) is 46.9 Å². The lowest BCUT2D eigenvalue weighted by molar-refractivity contribution is -0.114. The van der Waals surface area contributed by atoms with E-state index >= 15 is 0 Å². The Kier molecular flexibility index (Phi) is 4.98. The van der Waals surface area contributed by atoms with Crippen LogP contribution in [0.25, 0.3) is 0 Å². The number of halogens is 3. The summed E-state index contributed by atoms with van der Waals surface area (Å²) in [5, 5.41) is 6.09. The first-order valence-electron chi connectivity index (χ1n) is 5.79.